The molecule has 0 saturated carbocycles. The first-order chi connectivity index (χ1) is 20.2. The number of nitrogens with zero attached hydrogens (tertiary/aromatic N) is 2. The molecule has 0 atom stereocenters. The van der Waals surface area contributed by atoms with Gasteiger partial charge in [0.1, 0.15) is 5.75 Å². The van der Waals surface area contributed by atoms with Crippen molar-refractivity contribution in [2.24, 2.45) is 10.2 Å². The molecule has 0 aromatic heterocycles. The third-order valence-electron chi connectivity index (χ3n) is 6.77. The number of hydrogen-bond acceptors (Lipinski definition) is 6. The minimum atomic E-state index is -0.360. The summed E-state index contributed by atoms with van der Waals surface area (Å²) in [6.07, 6.45) is 7.27. The lowest BCUT2D eigenvalue weighted by molar-refractivity contribution is -0.137. The summed E-state index contributed by atoms with van der Waals surface area (Å²) >= 11 is 0. The van der Waals surface area contributed by atoms with Gasteiger partial charge in [-0.25, -0.2) is 4.79 Å². The third-order valence-corrected chi connectivity index (χ3v) is 6.77. The molecule has 0 heterocycles. The van der Waals surface area contributed by atoms with Crippen molar-refractivity contribution >= 4 is 33.8 Å². The van der Waals surface area contributed by atoms with Crippen molar-refractivity contribution in [1.29, 1.82) is 0 Å². The quantitative estimate of drug-likeness (QED) is 0.0654. The van der Waals surface area contributed by atoms with Gasteiger partial charge in [-0.3, -0.25) is 0 Å². The highest BCUT2D eigenvalue weighted by molar-refractivity contribution is 6.00. The molecular formula is C35H39N3O3. The minimum Gasteiger partial charge on any atom is -0.494 e. The summed E-state index contributed by atoms with van der Waals surface area (Å²) < 4.78 is 10.9. The van der Waals surface area contributed by atoms with Crippen LogP contribution in [0.3, 0.4) is 0 Å². The maximum absolute atomic E-state index is 11.0. The van der Waals surface area contributed by atoms with E-state index in [0.29, 0.717) is 19.8 Å². The summed E-state index contributed by atoms with van der Waals surface area (Å²) in [5.41, 5.74) is 5.26. The van der Waals surface area contributed by atoms with Crippen molar-refractivity contribution in [2.75, 3.05) is 18.5 Å². The van der Waals surface area contributed by atoms with Crippen LogP contribution in [0.15, 0.2) is 108 Å². The Labute approximate surface area is 243 Å². The Bertz CT molecular complexity index is 1430. The van der Waals surface area contributed by atoms with Gasteiger partial charge in [0.05, 0.1) is 24.6 Å². The van der Waals surface area contributed by atoms with Gasteiger partial charge in [0.2, 0.25) is 0 Å². The molecule has 0 bridgehead atoms. The van der Waals surface area contributed by atoms with E-state index < -0.39 is 0 Å². The largest absolute Gasteiger partial charge is 0.494 e. The summed E-state index contributed by atoms with van der Waals surface area (Å²) in [5.74, 6) is 0.509. The van der Waals surface area contributed by atoms with E-state index in [-0.39, 0.29) is 5.97 Å². The third kappa shape index (κ3) is 9.31. The van der Waals surface area contributed by atoms with E-state index in [1.807, 2.05) is 42.5 Å². The van der Waals surface area contributed by atoms with Crippen molar-refractivity contribution in [2.45, 2.75) is 52.0 Å². The SMILES string of the molecule is C=CC(=O)OCCCCCCOc1ccc(CNc2ccc(N=Nc3ccc(CCC)cc3)c3ccccc23)cc1. The highest BCUT2D eigenvalue weighted by Gasteiger charge is 2.06. The van der Waals surface area contributed by atoms with Crippen LogP contribution in [0.1, 0.15) is 50.2 Å². The molecule has 0 unspecified atom stereocenters. The molecule has 4 aromatic carbocycles. The number of aryl methyl sites for hydroxylation is 1. The van der Waals surface area contributed by atoms with Crippen LogP contribution in [0.5, 0.6) is 5.75 Å². The molecule has 0 saturated heterocycles. The molecule has 4 aromatic rings. The second-order valence-corrected chi connectivity index (χ2v) is 9.93. The highest BCUT2D eigenvalue weighted by Crippen LogP contribution is 2.33. The molecule has 0 radical (unpaired) electrons. The maximum Gasteiger partial charge on any atom is 0.330 e. The Morgan fingerprint density at radius 1 is 0.805 bits per heavy atom. The lowest BCUT2D eigenvalue weighted by atomic mass is 10.1. The fraction of sp³-hybridized carbons (Fsp3) is 0.286. The van der Waals surface area contributed by atoms with Crippen LogP contribution in [0.2, 0.25) is 0 Å². The van der Waals surface area contributed by atoms with Crippen molar-refractivity contribution in [3.63, 3.8) is 0 Å². The summed E-state index contributed by atoms with van der Waals surface area (Å²) in [6, 6.07) is 28.9. The van der Waals surface area contributed by atoms with Crippen LogP contribution in [0.4, 0.5) is 17.1 Å². The molecule has 212 valence electrons. The second kappa shape index (κ2) is 16.0. The van der Waals surface area contributed by atoms with E-state index in [9.17, 15) is 4.79 Å². The van der Waals surface area contributed by atoms with E-state index in [1.165, 1.54) is 17.2 Å². The van der Waals surface area contributed by atoms with Crippen molar-refractivity contribution in [1.82, 2.24) is 0 Å². The first-order valence-corrected chi connectivity index (χ1v) is 14.4. The number of fused-ring (bicyclic) bond motifs is 1. The van der Waals surface area contributed by atoms with Gasteiger partial charge in [-0.1, -0.05) is 68.5 Å². The number of nitrogens with one attached hydrogen (secondary N) is 1. The standard InChI is InChI=1S/C35H39N3O3/c1-3-11-27-14-18-29(19-15-27)37-38-34-23-22-33(31-12-7-8-13-32(31)34)36-26-28-16-20-30(21-17-28)40-24-9-5-6-10-25-41-35(39)4-2/h4,7-8,12-23,36H,2-3,5-6,9-11,24-26H2,1H3. The minimum absolute atomic E-state index is 0.360. The fourth-order valence-electron chi connectivity index (χ4n) is 4.53. The summed E-state index contributed by atoms with van der Waals surface area (Å²) in [5, 5.41) is 14.8. The van der Waals surface area contributed by atoms with Gasteiger partial charge < -0.3 is 14.8 Å². The van der Waals surface area contributed by atoms with Gasteiger partial charge >= 0.3 is 5.97 Å². The lowest BCUT2D eigenvalue weighted by Crippen LogP contribution is -2.02. The molecule has 0 spiro atoms. The zero-order chi connectivity index (χ0) is 28.7. The number of unbranched alkanes of at least 4 members (excludes halogenated alkanes) is 3. The summed E-state index contributed by atoms with van der Waals surface area (Å²) in [6.45, 7) is 7.39. The number of esters is 1. The van der Waals surface area contributed by atoms with Gasteiger partial charge in [0.25, 0.3) is 0 Å². The molecule has 0 aliphatic carbocycles. The molecule has 1 N–H and O–H groups in total. The molecule has 6 nitrogen and oxygen atoms in total. The average Bonchev–Trinajstić information content (AvgIpc) is 3.01. The average molecular weight is 550 g/mol. The van der Waals surface area contributed by atoms with Crippen LogP contribution >= 0.6 is 0 Å². The number of hydrogen-bond donors (Lipinski definition) is 1. The van der Waals surface area contributed by atoms with Gasteiger partial charge in [-0.15, -0.1) is 5.11 Å². The van der Waals surface area contributed by atoms with Crippen LogP contribution in [0, 0.1) is 0 Å². The Balaban J connectivity index is 1.26. The van der Waals surface area contributed by atoms with E-state index in [2.05, 4.69) is 71.5 Å². The normalized spacial score (nSPS) is 11.0. The fourth-order valence-corrected chi connectivity index (χ4v) is 4.53. The topological polar surface area (TPSA) is 72.3 Å². The molecule has 0 fully saturated rings. The molecule has 0 amide bonds. The van der Waals surface area contributed by atoms with Gasteiger partial charge in [0.15, 0.2) is 0 Å². The molecule has 0 aliphatic heterocycles. The van der Waals surface area contributed by atoms with Crippen molar-refractivity contribution in [3.05, 3.63) is 109 Å². The van der Waals surface area contributed by atoms with Crippen molar-refractivity contribution in [3.8, 4) is 5.75 Å². The van der Waals surface area contributed by atoms with Crippen LogP contribution in [-0.2, 0) is 22.5 Å². The number of azo groups is 1. The summed E-state index contributed by atoms with van der Waals surface area (Å²) in [4.78, 5) is 11.0. The van der Waals surface area contributed by atoms with Gasteiger partial charge in [-0.05, 0) is 79.6 Å². The Morgan fingerprint density at radius 3 is 2.24 bits per heavy atom. The molecule has 0 aliphatic rings. The zero-order valence-electron chi connectivity index (χ0n) is 23.9. The monoisotopic (exact) mass is 549 g/mol. The molecular weight excluding hydrogens is 510 g/mol. The van der Waals surface area contributed by atoms with E-state index in [0.717, 1.165) is 72.1 Å². The van der Waals surface area contributed by atoms with Gasteiger partial charge in [0, 0.05) is 29.1 Å². The lowest BCUT2D eigenvalue weighted by Gasteiger charge is -2.12. The Morgan fingerprint density at radius 2 is 1.51 bits per heavy atom. The molecule has 4 rings (SSSR count). The number of rotatable bonds is 16. The van der Waals surface area contributed by atoms with E-state index in [4.69, 9.17) is 9.47 Å². The van der Waals surface area contributed by atoms with E-state index >= 15 is 0 Å². The van der Waals surface area contributed by atoms with Crippen LogP contribution < -0.4 is 10.1 Å². The number of ether oxygens (including phenoxy) is 2. The number of carbonyl (C=O) groups excluding carboxylic acids is 1. The summed E-state index contributed by atoms with van der Waals surface area (Å²) in [7, 11) is 0. The highest BCUT2D eigenvalue weighted by atomic mass is 16.5. The number of anilines is 1. The first kappa shape index (κ1) is 29.5. The van der Waals surface area contributed by atoms with E-state index in [1.54, 1.807) is 0 Å². The Kier molecular flexibility index (Phi) is 11.5. The smallest absolute Gasteiger partial charge is 0.330 e. The van der Waals surface area contributed by atoms with Gasteiger partial charge in [-0.2, -0.15) is 5.11 Å². The number of carbonyl (C=O) groups is 1. The van der Waals surface area contributed by atoms with Crippen LogP contribution in [-0.4, -0.2) is 19.2 Å². The Hall–Kier alpha value is -4.45. The predicted octanol–water partition coefficient (Wildman–Crippen LogP) is 9.49. The predicted molar refractivity (Wildman–Crippen MR) is 167 cm³/mol. The van der Waals surface area contributed by atoms with Crippen molar-refractivity contribution < 1.29 is 14.3 Å². The van der Waals surface area contributed by atoms with Crippen LogP contribution in [0.25, 0.3) is 10.8 Å². The maximum atomic E-state index is 11.0. The number of benzene rings is 4. The molecule has 41 heavy (non-hydrogen) atoms. The molecule has 6 heteroatoms. The zero-order valence-corrected chi connectivity index (χ0v) is 23.9. The first-order valence-electron chi connectivity index (χ1n) is 14.4. The second-order valence-electron chi connectivity index (χ2n) is 9.93.